The van der Waals surface area contributed by atoms with Crippen molar-refractivity contribution in [1.29, 1.82) is 0 Å². The average Bonchev–Trinajstić information content (AvgIpc) is 3.07. The van der Waals surface area contributed by atoms with E-state index in [-0.39, 0.29) is 12.5 Å². The van der Waals surface area contributed by atoms with Crippen molar-refractivity contribution in [2.24, 2.45) is 12.5 Å². The minimum Gasteiger partial charge on any atom is -0.493 e. The number of aromatic nitrogens is 2. The predicted octanol–water partition coefficient (Wildman–Crippen LogP) is 5.06. The lowest BCUT2D eigenvalue weighted by Crippen LogP contribution is -2.34. The number of carbonyl (C=O) groups excluding carboxylic acids is 2. The summed E-state index contributed by atoms with van der Waals surface area (Å²) in [7, 11) is 1.92. The number of nitrogens with zero attached hydrogens (tertiary/aromatic N) is 2. The fourth-order valence-electron chi connectivity index (χ4n) is 3.56. The number of halogens is 1. The van der Waals surface area contributed by atoms with E-state index in [0.717, 1.165) is 22.5 Å². The molecule has 1 heterocycles. The van der Waals surface area contributed by atoms with Gasteiger partial charge in [0.15, 0.2) is 0 Å². The molecule has 0 aliphatic heterocycles. The fourth-order valence-corrected chi connectivity index (χ4v) is 3.75. The molecule has 1 amide bonds. The first-order valence-corrected chi connectivity index (χ1v) is 11.8. The lowest BCUT2D eigenvalue weighted by molar-refractivity contribution is -0.128. The minimum absolute atomic E-state index is 0.0122. The average molecular weight is 486 g/mol. The number of amides is 1. The van der Waals surface area contributed by atoms with Crippen LogP contribution < -0.4 is 10.1 Å². The molecule has 3 rings (SSSR count). The highest BCUT2D eigenvalue weighted by Gasteiger charge is 2.21. The van der Waals surface area contributed by atoms with Crippen molar-refractivity contribution in [3.05, 3.63) is 57.9 Å². The standard InChI is InChI=1S/C26H32ClN3O4/c1-7-33-22-14-21-20(13-18(22)24(31)34-8-2)29-23(30(21)6)12-17-11-16(9-10-19(17)27)15-28-25(32)26(3,4)5/h9-11,13-14H,7-8,12,15H2,1-6H3,(H,28,32). The van der Waals surface area contributed by atoms with Gasteiger partial charge in [0.1, 0.15) is 17.1 Å². The summed E-state index contributed by atoms with van der Waals surface area (Å²) in [6, 6.07) is 9.26. The number of fused-ring (bicyclic) bond motifs is 1. The van der Waals surface area contributed by atoms with E-state index < -0.39 is 11.4 Å². The molecule has 0 unspecified atom stereocenters. The molecule has 182 valence electrons. The zero-order valence-electron chi connectivity index (χ0n) is 20.6. The van der Waals surface area contributed by atoms with Gasteiger partial charge in [-0.2, -0.15) is 0 Å². The van der Waals surface area contributed by atoms with E-state index >= 15 is 0 Å². The van der Waals surface area contributed by atoms with E-state index in [4.69, 9.17) is 26.1 Å². The number of hydrogen-bond donors (Lipinski definition) is 1. The zero-order chi connectivity index (χ0) is 25.0. The maximum atomic E-state index is 12.4. The maximum absolute atomic E-state index is 12.4. The largest absolute Gasteiger partial charge is 0.493 e. The summed E-state index contributed by atoms with van der Waals surface area (Å²) in [4.78, 5) is 29.4. The van der Waals surface area contributed by atoms with Crippen LogP contribution in [0.5, 0.6) is 5.75 Å². The Kier molecular flexibility index (Phi) is 7.87. The van der Waals surface area contributed by atoms with Crippen LogP contribution in [0, 0.1) is 5.41 Å². The van der Waals surface area contributed by atoms with Gasteiger partial charge in [-0.3, -0.25) is 4.79 Å². The molecular formula is C26H32ClN3O4. The molecular weight excluding hydrogens is 454 g/mol. The van der Waals surface area contributed by atoms with E-state index in [9.17, 15) is 9.59 Å². The van der Waals surface area contributed by atoms with Crippen molar-refractivity contribution in [2.45, 2.75) is 47.6 Å². The second kappa shape index (κ2) is 10.5. The lowest BCUT2D eigenvalue weighted by atomic mass is 9.95. The summed E-state index contributed by atoms with van der Waals surface area (Å²) < 4.78 is 12.9. The summed E-state index contributed by atoms with van der Waals surface area (Å²) in [6.45, 7) is 10.4. The Morgan fingerprint density at radius 3 is 2.50 bits per heavy atom. The number of aryl methyl sites for hydroxylation is 1. The number of ether oxygens (including phenoxy) is 2. The molecule has 8 heteroatoms. The van der Waals surface area contributed by atoms with Gasteiger partial charge in [0.25, 0.3) is 0 Å². The second-order valence-corrected chi connectivity index (χ2v) is 9.52. The van der Waals surface area contributed by atoms with Gasteiger partial charge in [0, 0.05) is 36.5 Å². The van der Waals surface area contributed by atoms with Crippen molar-refractivity contribution in [2.75, 3.05) is 13.2 Å². The minimum atomic E-state index is -0.453. The van der Waals surface area contributed by atoms with Gasteiger partial charge >= 0.3 is 5.97 Å². The van der Waals surface area contributed by atoms with Crippen LogP contribution in [0.15, 0.2) is 30.3 Å². The van der Waals surface area contributed by atoms with Crippen molar-refractivity contribution in [1.82, 2.24) is 14.9 Å². The lowest BCUT2D eigenvalue weighted by Gasteiger charge is -2.18. The third-order valence-corrected chi connectivity index (χ3v) is 5.83. The molecule has 0 spiro atoms. The highest BCUT2D eigenvalue weighted by molar-refractivity contribution is 6.31. The van der Waals surface area contributed by atoms with Gasteiger partial charge in [-0.1, -0.05) is 44.5 Å². The molecule has 0 bridgehead atoms. The molecule has 0 radical (unpaired) electrons. The molecule has 1 N–H and O–H groups in total. The molecule has 0 saturated heterocycles. The summed E-state index contributed by atoms with van der Waals surface area (Å²) in [5, 5.41) is 3.59. The van der Waals surface area contributed by atoms with Crippen molar-refractivity contribution >= 4 is 34.5 Å². The van der Waals surface area contributed by atoms with E-state index in [0.29, 0.717) is 41.4 Å². The highest BCUT2D eigenvalue weighted by Crippen LogP contribution is 2.29. The summed E-state index contributed by atoms with van der Waals surface area (Å²) in [5.41, 5.74) is 3.28. The van der Waals surface area contributed by atoms with Crippen LogP contribution in [-0.4, -0.2) is 34.6 Å². The monoisotopic (exact) mass is 485 g/mol. The Morgan fingerprint density at radius 2 is 1.85 bits per heavy atom. The number of nitrogens with one attached hydrogen (secondary N) is 1. The number of benzene rings is 2. The van der Waals surface area contributed by atoms with Crippen LogP contribution >= 0.6 is 11.6 Å². The van der Waals surface area contributed by atoms with E-state index in [1.54, 1.807) is 13.0 Å². The molecule has 0 saturated carbocycles. The van der Waals surface area contributed by atoms with Gasteiger partial charge in [0.2, 0.25) is 5.91 Å². The van der Waals surface area contributed by atoms with Crippen LogP contribution in [0.25, 0.3) is 11.0 Å². The number of carbonyl (C=O) groups is 2. The van der Waals surface area contributed by atoms with E-state index in [1.807, 2.05) is 63.6 Å². The Hall–Kier alpha value is -3.06. The summed E-state index contributed by atoms with van der Waals surface area (Å²) in [6.07, 6.45) is 0.490. The molecule has 0 atom stereocenters. The van der Waals surface area contributed by atoms with E-state index in [1.165, 1.54) is 0 Å². The van der Waals surface area contributed by atoms with Crippen molar-refractivity contribution < 1.29 is 19.1 Å². The third-order valence-electron chi connectivity index (χ3n) is 5.46. The highest BCUT2D eigenvalue weighted by atomic mass is 35.5. The van der Waals surface area contributed by atoms with Gasteiger partial charge in [-0.05, 0) is 37.1 Å². The maximum Gasteiger partial charge on any atom is 0.341 e. The van der Waals surface area contributed by atoms with Gasteiger partial charge in [-0.25, -0.2) is 9.78 Å². The number of hydrogen-bond acceptors (Lipinski definition) is 5. The topological polar surface area (TPSA) is 82.5 Å². The van der Waals surface area contributed by atoms with Crippen molar-refractivity contribution in [3.8, 4) is 5.75 Å². The normalized spacial score (nSPS) is 11.5. The molecule has 0 aliphatic carbocycles. The molecule has 0 aliphatic rings. The Bertz CT molecular complexity index is 1210. The first kappa shape index (κ1) is 25.6. The smallest absolute Gasteiger partial charge is 0.341 e. The molecule has 7 nitrogen and oxygen atoms in total. The van der Waals surface area contributed by atoms with Crippen molar-refractivity contribution in [3.63, 3.8) is 0 Å². The van der Waals surface area contributed by atoms with Gasteiger partial charge in [0.05, 0.1) is 24.2 Å². The third kappa shape index (κ3) is 5.70. The number of esters is 1. The molecule has 0 fully saturated rings. The summed E-state index contributed by atoms with van der Waals surface area (Å²) >= 11 is 6.49. The SMILES string of the molecule is CCOC(=O)c1cc2nc(Cc3cc(CNC(=O)C(C)(C)C)ccc3Cl)n(C)c2cc1OCC. The van der Waals surface area contributed by atoms with Gasteiger partial charge < -0.3 is 19.4 Å². The van der Waals surface area contributed by atoms with Gasteiger partial charge in [-0.15, -0.1) is 0 Å². The first-order chi connectivity index (χ1) is 16.0. The quantitative estimate of drug-likeness (QED) is 0.451. The first-order valence-electron chi connectivity index (χ1n) is 11.4. The van der Waals surface area contributed by atoms with Crippen LogP contribution in [-0.2, 0) is 29.5 Å². The van der Waals surface area contributed by atoms with Crippen LogP contribution in [0.2, 0.25) is 5.02 Å². The van der Waals surface area contributed by atoms with E-state index in [2.05, 4.69) is 5.32 Å². The van der Waals surface area contributed by atoms with Crippen LogP contribution in [0.4, 0.5) is 0 Å². The Labute approximate surface area is 205 Å². The molecule has 34 heavy (non-hydrogen) atoms. The zero-order valence-corrected chi connectivity index (χ0v) is 21.4. The molecule has 3 aromatic rings. The Morgan fingerprint density at radius 1 is 1.12 bits per heavy atom. The second-order valence-electron chi connectivity index (χ2n) is 9.11. The fraction of sp³-hybridized carbons (Fsp3) is 0.423. The Balaban J connectivity index is 1.92. The molecule has 2 aromatic carbocycles. The van der Waals surface area contributed by atoms with Crippen LogP contribution in [0.1, 0.15) is 61.9 Å². The summed E-state index contributed by atoms with van der Waals surface area (Å²) in [5.74, 6) is 0.809. The number of rotatable bonds is 8. The van der Waals surface area contributed by atoms with Crippen LogP contribution in [0.3, 0.4) is 0 Å². The molecule has 1 aromatic heterocycles. The predicted molar refractivity (Wildman–Crippen MR) is 133 cm³/mol. The number of imidazole rings is 1.